The fourth-order valence-corrected chi connectivity index (χ4v) is 3.27. The van der Waals surface area contributed by atoms with Crippen LogP contribution in [0.4, 0.5) is 0 Å². The Labute approximate surface area is 142 Å². The van der Waals surface area contributed by atoms with Crippen molar-refractivity contribution in [1.29, 1.82) is 0 Å². The molecule has 1 aromatic carbocycles. The second-order valence-electron chi connectivity index (χ2n) is 6.26. The lowest BCUT2D eigenvalue weighted by atomic mass is 9.95. The fourth-order valence-electron chi connectivity index (χ4n) is 3.27. The van der Waals surface area contributed by atoms with Crippen molar-refractivity contribution in [3.63, 3.8) is 0 Å². The molecule has 0 saturated heterocycles. The molecule has 0 bridgehead atoms. The van der Waals surface area contributed by atoms with Crippen molar-refractivity contribution in [1.82, 2.24) is 10.3 Å². The molecule has 1 amide bonds. The molecule has 1 aliphatic carbocycles. The van der Waals surface area contributed by atoms with E-state index >= 15 is 0 Å². The number of aromatic amines is 1. The first-order valence-electron chi connectivity index (χ1n) is 8.78. The molecule has 2 aromatic rings. The summed E-state index contributed by atoms with van der Waals surface area (Å²) in [6.45, 7) is 2.45. The molecule has 24 heavy (non-hydrogen) atoms. The molecule has 0 radical (unpaired) electrons. The molecular weight excluding hydrogens is 304 g/mol. The van der Waals surface area contributed by atoms with Gasteiger partial charge in [-0.3, -0.25) is 4.79 Å². The minimum Gasteiger partial charge on any atom is -0.382 e. The van der Waals surface area contributed by atoms with Crippen LogP contribution in [0.1, 0.15) is 40.9 Å². The lowest BCUT2D eigenvalue weighted by Gasteiger charge is -2.10. The van der Waals surface area contributed by atoms with E-state index in [1.165, 1.54) is 29.5 Å². The molecule has 130 valence electrons. The average molecular weight is 330 g/mol. The van der Waals surface area contributed by atoms with Crippen LogP contribution >= 0.6 is 0 Å². The van der Waals surface area contributed by atoms with Gasteiger partial charge in [-0.1, -0.05) is 0 Å². The van der Waals surface area contributed by atoms with Crippen LogP contribution in [-0.2, 0) is 22.3 Å². The predicted octanol–water partition coefficient (Wildman–Crippen LogP) is 2.83. The number of hydrogen-bond donors (Lipinski definition) is 2. The highest BCUT2D eigenvalue weighted by atomic mass is 16.5. The smallest absolute Gasteiger partial charge is 0.251 e. The Balaban J connectivity index is 1.55. The first-order chi connectivity index (χ1) is 11.8. The quantitative estimate of drug-likeness (QED) is 0.732. The number of methoxy groups -OCH3 is 1. The maximum Gasteiger partial charge on any atom is 0.251 e. The first kappa shape index (κ1) is 17.0. The van der Waals surface area contributed by atoms with E-state index in [1.54, 1.807) is 7.11 Å². The number of amides is 1. The summed E-state index contributed by atoms with van der Waals surface area (Å²) in [5.74, 6) is -0.0143. The average Bonchev–Trinajstić information content (AvgIpc) is 2.98. The van der Waals surface area contributed by atoms with Crippen molar-refractivity contribution in [2.24, 2.45) is 0 Å². The zero-order valence-electron chi connectivity index (χ0n) is 14.3. The maximum absolute atomic E-state index is 12.3. The standard InChI is InChI=1S/C19H26N2O3/c1-23-11-12-24-10-4-9-20-19(22)14-7-8-18-16(13-14)15-5-2-3-6-17(15)21-18/h7-8,13,21H,2-6,9-12H2,1H3,(H,20,22). The lowest BCUT2D eigenvalue weighted by molar-refractivity contribution is 0.0688. The minimum atomic E-state index is -0.0143. The Kier molecular flexibility index (Phi) is 5.88. The number of H-pyrrole nitrogens is 1. The number of aromatic nitrogens is 1. The molecule has 0 fully saturated rings. The molecule has 0 aliphatic heterocycles. The van der Waals surface area contributed by atoms with Gasteiger partial charge in [0.2, 0.25) is 0 Å². The van der Waals surface area contributed by atoms with Gasteiger partial charge in [-0.25, -0.2) is 0 Å². The van der Waals surface area contributed by atoms with E-state index in [-0.39, 0.29) is 5.91 Å². The van der Waals surface area contributed by atoms with E-state index in [0.717, 1.165) is 30.3 Å². The normalized spacial score (nSPS) is 13.9. The Morgan fingerprint density at radius 2 is 2.08 bits per heavy atom. The Hall–Kier alpha value is -1.85. The van der Waals surface area contributed by atoms with Gasteiger partial charge in [0, 0.05) is 42.4 Å². The molecule has 0 saturated carbocycles. The van der Waals surface area contributed by atoms with E-state index in [9.17, 15) is 4.79 Å². The van der Waals surface area contributed by atoms with Crippen molar-refractivity contribution in [3.8, 4) is 0 Å². The summed E-state index contributed by atoms with van der Waals surface area (Å²) >= 11 is 0. The van der Waals surface area contributed by atoms with Gasteiger partial charge in [-0.05, 0) is 55.9 Å². The van der Waals surface area contributed by atoms with Gasteiger partial charge in [0.05, 0.1) is 13.2 Å². The molecule has 1 aliphatic rings. The van der Waals surface area contributed by atoms with Crippen LogP contribution in [0.5, 0.6) is 0 Å². The van der Waals surface area contributed by atoms with Crippen LogP contribution in [0.25, 0.3) is 10.9 Å². The Morgan fingerprint density at radius 1 is 1.21 bits per heavy atom. The third-order valence-corrected chi connectivity index (χ3v) is 4.54. The molecule has 1 aromatic heterocycles. The van der Waals surface area contributed by atoms with Gasteiger partial charge < -0.3 is 19.8 Å². The van der Waals surface area contributed by atoms with Crippen LogP contribution < -0.4 is 5.32 Å². The Bertz CT molecular complexity index is 693. The number of nitrogens with one attached hydrogen (secondary N) is 2. The molecule has 1 heterocycles. The predicted molar refractivity (Wildman–Crippen MR) is 94.6 cm³/mol. The third kappa shape index (κ3) is 3.97. The summed E-state index contributed by atoms with van der Waals surface area (Å²) in [5.41, 5.74) is 4.62. The first-order valence-corrected chi connectivity index (χ1v) is 8.78. The summed E-state index contributed by atoms with van der Waals surface area (Å²) in [5, 5.41) is 4.17. The second kappa shape index (κ2) is 8.31. The van der Waals surface area contributed by atoms with Crippen molar-refractivity contribution in [3.05, 3.63) is 35.0 Å². The summed E-state index contributed by atoms with van der Waals surface area (Å²) in [6.07, 6.45) is 5.52. The molecule has 2 N–H and O–H groups in total. The van der Waals surface area contributed by atoms with E-state index in [2.05, 4.69) is 10.3 Å². The molecule has 0 unspecified atom stereocenters. The van der Waals surface area contributed by atoms with Crippen molar-refractivity contribution in [2.75, 3.05) is 33.5 Å². The molecule has 3 rings (SSSR count). The third-order valence-electron chi connectivity index (χ3n) is 4.54. The van der Waals surface area contributed by atoms with Gasteiger partial charge in [-0.15, -0.1) is 0 Å². The van der Waals surface area contributed by atoms with Gasteiger partial charge in [-0.2, -0.15) is 0 Å². The Morgan fingerprint density at radius 3 is 2.96 bits per heavy atom. The number of hydrogen-bond acceptors (Lipinski definition) is 3. The van der Waals surface area contributed by atoms with Crippen molar-refractivity contribution in [2.45, 2.75) is 32.1 Å². The molecule has 5 heteroatoms. The monoisotopic (exact) mass is 330 g/mol. The number of aryl methyl sites for hydroxylation is 2. The maximum atomic E-state index is 12.3. The molecule has 0 atom stereocenters. The van der Waals surface area contributed by atoms with E-state index < -0.39 is 0 Å². The highest BCUT2D eigenvalue weighted by molar-refractivity contribution is 5.99. The number of carbonyl (C=O) groups is 1. The van der Waals surface area contributed by atoms with Crippen LogP contribution in [0.15, 0.2) is 18.2 Å². The number of fused-ring (bicyclic) bond motifs is 3. The molecule has 5 nitrogen and oxygen atoms in total. The number of benzene rings is 1. The van der Waals surface area contributed by atoms with Crippen LogP contribution in [0, 0.1) is 0 Å². The van der Waals surface area contributed by atoms with Crippen LogP contribution in [0.2, 0.25) is 0 Å². The van der Waals surface area contributed by atoms with Gasteiger partial charge in [0.15, 0.2) is 0 Å². The van der Waals surface area contributed by atoms with Crippen molar-refractivity contribution < 1.29 is 14.3 Å². The largest absolute Gasteiger partial charge is 0.382 e. The zero-order valence-corrected chi connectivity index (χ0v) is 14.3. The number of rotatable bonds is 8. The van der Waals surface area contributed by atoms with Gasteiger partial charge in [0.1, 0.15) is 0 Å². The number of ether oxygens (including phenoxy) is 2. The molecule has 0 spiro atoms. The zero-order chi connectivity index (χ0) is 16.8. The minimum absolute atomic E-state index is 0.0143. The van der Waals surface area contributed by atoms with Gasteiger partial charge >= 0.3 is 0 Å². The lowest BCUT2D eigenvalue weighted by Crippen LogP contribution is -2.25. The number of carbonyl (C=O) groups excluding carboxylic acids is 1. The van der Waals surface area contributed by atoms with Crippen molar-refractivity contribution >= 4 is 16.8 Å². The highest BCUT2D eigenvalue weighted by Gasteiger charge is 2.16. The summed E-state index contributed by atoms with van der Waals surface area (Å²) in [7, 11) is 1.65. The SMILES string of the molecule is COCCOCCCNC(=O)c1ccc2[nH]c3c(c2c1)CCCC3. The van der Waals surface area contributed by atoms with Gasteiger partial charge in [0.25, 0.3) is 5.91 Å². The molecular formula is C19H26N2O3. The second-order valence-corrected chi connectivity index (χ2v) is 6.26. The highest BCUT2D eigenvalue weighted by Crippen LogP contribution is 2.29. The van der Waals surface area contributed by atoms with E-state index in [0.29, 0.717) is 26.4 Å². The summed E-state index contributed by atoms with van der Waals surface area (Å²) in [4.78, 5) is 15.8. The fraction of sp³-hybridized carbons (Fsp3) is 0.526. The topological polar surface area (TPSA) is 63.4 Å². The van der Waals surface area contributed by atoms with E-state index in [1.807, 2.05) is 18.2 Å². The van der Waals surface area contributed by atoms with Crippen LogP contribution in [-0.4, -0.2) is 44.4 Å². The summed E-state index contributed by atoms with van der Waals surface area (Å²) in [6, 6.07) is 5.95. The van der Waals surface area contributed by atoms with E-state index in [4.69, 9.17) is 9.47 Å². The van der Waals surface area contributed by atoms with Crippen LogP contribution in [0.3, 0.4) is 0 Å². The summed E-state index contributed by atoms with van der Waals surface area (Å²) < 4.78 is 10.3.